The molecule has 0 spiro atoms. The van der Waals surface area contributed by atoms with Crippen molar-refractivity contribution in [1.29, 1.82) is 0 Å². The lowest BCUT2D eigenvalue weighted by Crippen LogP contribution is -2.58. The Morgan fingerprint density at radius 2 is 1.34 bits per heavy atom. The van der Waals surface area contributed by atoms with E-state index in [1.54, 1.807) is 0 Å². The number of hydroxylamine groups is 6. The van der Waals surface area contributed by atoms with Gasteiger partial charge in [-0.1, -0.05) is 0 Å². The number of aliphatic hydroxyl groups is 2. The second-order valence-corrected chi connectivity index (χ2v) is 10.2. The first-order chi connectivity index (χ1) is 20.8. The maximum Gasteiger partial charge on any atom is 0.270 e. The van der Waals surface area contributed by atoms with Gasteiger partial charge in [0.25, 0.3) is 11.8 Å². The van der Waals surface area contributed by atoms with E-state index in [2.05, 4.69) is 26.6 Å². The Balaban J connectivity index is 2.59. The van der Waals surface area contributed by atoms with E-state index in [9.17, 15) is 54.6 Å². The first kappa shape index (κ1) is 38.6. The highest BCUT2D eigenvalue weighted by Crippen LogP contribution is 2.10. The van der Waals surface area contributed by atoms with E-state index in [-0.39, 0.29) is 51.7 Å². The van der Waals surface area contributed by atoms with Crippen LogP contribution < -0.4 is 26.6 Å². The van der Waals surface area contributed by atoms with Crippen molar-refractivity contribution in [1.82, 2.24) is 41.8 Å². The molecule has 1 aliphatic rings. The van der Waals surface area contributed by atoms with E-state index in [0.717, 1.165) is 0 Å². The van der Waals surface area contributed by atoms with Crippen LogP contribution in [0, 0.1) is 0 Å². The molecule has 0 aromatic heterocycles. The van der Waals surface area contributed by atoms with Gasteiger partial charge in [0.1, 0.15) is 18.1 Å². The van der Waals surface area contributed by atoms with Crippen LogP contribution in [-0.4, -0.2) is 154 Å². The SMILES string of the molecule is CN[C@@H](CCCN(O)C(=O)[C@H](CO)NC(=O)[C@H](CCCN(O)C(C)=O)NC)C(=O)N[C@@H](CO)C(=O)N[C@@H]1CCCN(O)C1=O. The lowest BCUT2D eigenvalue weighted by molar-refractivity contribution is -0.173. The van der Waals surface area contributed by atoms with Gasteiger partial charge in [-0.3, -0.25) is 44.4 Å². The van der Waals surface area contributed by atoms with E-state index < -0.39 is 78.9 Å². The molecule has 19 nitrogen and oxygen atoms in total. The fraction of sp³-hybridized carbons (Fsp3) is 0.760. The predicted octanol–water partition coefficient (Wildman–Crippen LogP) is -4.37. The molecule has 0 bridgehead atoms. The number of amides is 6. The molecule has 1 rings (SSSR count). The molecule has 0 radical (unpaired) electrons. The molecule has 6 amide bonds. The molecule has 252 valence electrons. The molecule has 1 fully saturated rings. The molecule has 44 heavy (non-hydrogen) atoms. The van der Waals surface area contributed by atoms with Gasteiger partial charge in [0.2, 0.25) is 23.6 Å². The van der Waals surface area contributed by atoms with Gasteiger partial charge in [-0.25, -0.2) is 15.2 Å². The Kier molecular flexibility index (Phi) is 17.3. The van der Waals surface area contributed by atoms with E-state index >= 15 is 0 Å². The maximum absolute atomic E-state index is 12.7. The second kappa shape index (κ2) is 19.7. The minimum atomic E-state index is -1.48. The third-order valence-electron chi connectivity index (χ3n) is 7.02. The van der Waals surface area contributed by atoms with Gasteiger partial charge in [-0.2, -0.15) is 0 Å². The lowest BCUT2D eigenvalue weighted by Gasteiger charge is -2.29. The van der Waals surface area contributed by atoms with Gasteiger partial charge >= 0.3 is 0 Å². The van der Waals surface area contributed by atoms with Crippen molar-refractivity contribution in [3.05, 3.63) is 0 Å². The predicted molar refractivity (Wildman–Crippen MR) is 150 cm³/mol. The van der Waals surface area contributed by atoms with Gasteiger partial charge < -0.3 is 36.8 Å². The number of hydrogen-bond donors (Lipinski definition) is 10. The zero-order valence-electron chi connectivity index (χ0n) is 25.2. The third-order valence-corrected chi connectivity index (χ3v) is 7.02. The number of nitrogens with one attached hydrogen (secondary N) is 5. The van der Waals surface area contributed by atoms with Crippen molar-refractivity contribution in [3.63, 3.8) is 0 Å². The third kappa shape index (κ3) is 12.3. The van der Waals surface area contributed by atoms with Crippen molar-refractivity contribution < 1.29 is 54.6 Å². The average molecular weight is 635 g/mol. The number of rotatable bonds is 19. The molecule has 0 aromatic rings. The smallest absolute Gasteiger partial charge is 0.270 e. The van der Waals surface area contributed by atoms with Crippen LogP contribution in [-0.2, 0) is 28.8 Å². The first-order valence-electron chi connectivity index (χ1n) is 14.3. The lowest BCUT2D eigenvalue weighted by atomic mass is 10.1. The minimum absolute atomic E-state index is 0.0159. The zero-order chi connectivity index (χ0) is 33.4. The summed E-state index contributed by atoms with van der Waals surface area (Å²) in [5, 5.41) is 62.4. The number of nitrogens with zero attached hydrogens (tertiary/aromatic N) is 3. The van der Waals surface area contributed by atoms with E-state index in [0.29, 0.717) is 21.6 Å². The molecule has 1 aliphatic heterocycles. The summed E-state index contributed by atoms with van der Waals surface area (Å²) in [6, 6.07) is -5.59. The Morgan fingerprint density at radius 1 is 0.841 bits per heavy atom. The topological polar surface area (TPSA) is 273 Å². The summed E-state index contributed by atoms with van der Waals surface area (Å²) in [7, 11) is 2.95. The van der Waals surface area contributed by atoms with E-state index in [1.165, 1.54) is 21.0 Å². The van der Waals surface area contributed by atoms with Crippen molar-refractivity contribution in [3.8, 4) is 0 Å². The van der Waals surface area contributed by atoms with Crippen molar-refractivity contribution in [2.75, 3.05) is 46.9 Å². The Bertz CT molecular complexity index is 988. The monoisotopic (exact) mass is 634 g/mol. The van der Waals surface area contributed by atoms with Gasteiger partial charge in [-0.15, -0.1) is 0 Å². The highest BCUT2D eigenvalue weighted by molar-refractivity contribution is 5.93. The minimum Gasteiger partial charge on any atom is -0.394 e. The summed E-state index contributed by atoms with van der Waals surface area (Å²) in [4.78, 5) is 73.6. The van der Waals surface area contributed by atoms with Crippen LogP contribution >= 0.6 is 0 Å². The van der Waals surface area contributed by atoms with Crippen LogP contribution in [0.25, 0.3) is 0 Å². The van der Waals surface area contributed by atoms with Crippen LogP contribution in [0.3, 0.4) is 0 Å². The van der Waals surface area contributed by atoms with Crippen molar-refractivity contribution in [2.45, 2.75) is 75.7 Å². The standard InChI is InChI=1S/C25H46N8O11/c1-15(36)31(42)10-4-7-17(27-3)22(38)30-20(14-35)25(41)33(44)11-5-8-16(26-2)21(37)29-19(13-34)23(39)28-18-9-6-12-32(43)24(18)40/h16-20,26-27,34-35,42-44H,4-14H2,1-3H3,(H,28,39)(H,29,37)(H,30,38)/t16-,17-,18+,19-,20-/m0/s1. The summed E-state index contributed by atoms with van der Waals surface area (Å²) in [6.07, 6.45) is 1.31. The van der Waals surface area contributed by atoms with Gasteiger partial charge in [0, 0.05) is 26.6 Å². The number of hydrogen-bond acceptors (Lipinski definition) is 13. The fourth-order valence-electron chi connectivity index (χ4n) is 4.34. The molecule has 19 heteroatoms. The summed E-state index contributed by atoms with van der Waals surface area (Å²) < 4.78 is 0. The molecule has 0 aromatic carbocycles. The quantitative estimate of drug-likeness (QED) is 0.0476. The highest BCUT2D eigenvalue weighted by Gasteiger charge is 2.33. The van der Waals surface area contributed by atoms with E-state index in [4.69, 9.17) is 0 Å². The molecule has 0 unspecified atom stereocenters. The normalized spacial score (nSPS) is 17.6. The van der Waals surface area contributed by atoms with Crippen LogP contribution in [0.4, 0.5) is 0 Å². The first-order valence-corrected chi connectivity index (χ1v) is 14.3. The summed E-state index contributed by atoms with van der Waals surface area (Å²) >= 11 is 0. The molecule has 0 saturated carbocycles. The summed E-state index contributed by atoms with van der Waals surface area (Å²) in [5.74, 6) is -4.42. The summed E-state index contributed by atoms with van der Waals surface area (Å²) in [5.41, 5.74) is 0. The number of carbonyl (C=O) groups is 6. The molecule has 0 aliphatic carbocycles. The van der Waals surface area contributed by atoms with Crippen molar-refractivity contribution >= 4 is 35.4 Å². The van der Waals surface area contributed by atoms with Crippen LogP contribution in [0.15, 0.2) is 0 Å². The number of likely N-dealkylation sites (N-methyl/N-ethyl adjacent to an activating group) is 2. The molecule has 1 heterocycles. The zero-order valence-corrected chi connectivity index (χ0v) is 25.2. The second-order valence-electron chi connectivity index (χ2n) is 10.2. The van der Waals surface area contributed by atoms with Gasteiger partial charge in [0.05, 0.1) is 25.3 Å². The Morgan fingerprint density at radius 3 is 1.82 bits per heavy atom. The number of aliphatic hydroxyl groups excluding tert-OH is 2. The van der Waals surface area contributed by atoms with Crippen LogP contribution in [0.5, 0.6) is 0 Å². The molecule has 10 N–H and O–H groups in total. The van der Waals surface area contributed by atoms with Gasteiger partial charge in [0.15, 0.2) is 0 Å². The maximum atomic E-state index is 12.7. The summed E-state index contributed by atoms with van der Waals surface area (Å²) in [6.45, 7) is -0.572. The average Bonchev–Trinajstić information content (AvgIpc) is 3.00. The van der Waals surface area contributed by atoms with Crippen molar-refractivity contribution in [2.24, 2.45) is 0 Å². The fourth-order valence-corrected chi connectivity index (χ4v) is 4.34. The molecular formula is C25H46N8O11. The van der Waals surface area contributed by atoms with E-state index in [1.807, 2.05) is 0 Å². The van der Waals surface area contributed by atoms with Crippen LogP contribution in [0.1, 0.15) is 45.4 Å². The highest BCUT2D eigenvalue weighted by atomic mass is 16.5. The van der Waals surface area contributed by atoms with Gasteiger partial charge in [-0.05, 0) is 52.6 Å². The van der Waals surface area contributed by atoms with Crippen LogP contribution in [0.2, 0.25) is 0 Å². The molecule has 5 atom stereocenters. The Labute approximate surface area is 254 Å². The molecule has 1 saturated heterocycles. The number of carbonyl (C=O) groups excluding carboxylic acids is 6. The Hall–Kier alpha value is -3.46. The molecular weight excluding hydrogens is 588 g/mol. The number of piperidine rings is 1. The largest absolute Gasteiger partial charge is 0.394 e.